The molecule has 0 saturated carbocycles. The van der Waals surface area contributed by atoms with Gasteiger partial charge in [-0.2, -0.15) is 0 Å². The molecule has 82 valence electrons. The number of nitrogens with zero attached hydrogens (tertiary/aromatic N) is 2. The Morgan fingerprint density at radius 1 is 1.25 bits per heavy atom. The van der Waals surface area contributed by atoms with Crippen molar-refractivity contribution in [3.63, 3.8) is 0 Å². The lowest BCUT2D eigenvalue weighted by Crippen LogP contribution is -1.99. The lowest BCUT2D eigenvalue weighted by atomic mass is 10.3. The fourth-order valence-electron chi connectivity index (χ4n) is 1.14. The van der Waals surface area contributed by atoms with Crippen molar-refractivity contribution >= 4 is 15.9 Å². The molecule has 0 aliphatic heterocycles. The van der Waals surface area contributed by atoms with Crippen LogP contribution in [0.5, 0.6) is 11.8 Å². The number of halogens is 1. The molecule has 0 aliphatic rings. The number of hydrogen-bond acceptors (Lipinski definition) is 4. The molecule has 0 spiro atoms. The highest BCUT2D eigenvalue weighted by atomic mass is 79.9. The van der Waals surface area contributed by atoms with E-state index in [1.54, 1.807) is 12.4 Å². The summed E-state index contributed by atoms with van der Waals surface area (Å²) in [5.74, 6) is 0.690. The van der Waals surface area contributed by atoms with Gasteiger partial charge in [0.1, 0.15) is 5.75 Å². The summed E-state index contributed by atoms with van der Waals surface area (Å²) in [4.78, 5) is 8.09. The molecule has 2 N–H and O–H groups in total. The maximum Gasteiger partial charge on any atom is 0.321 e. The number of ether oxygens (including phenoxy) is 1. The van der Waals surface area contributed by atoms with Crippen molar-refractivity contribution in [3.05, 3.63) is 46.7 Å². The Morgan fingerprint density at radius 3 is 2.62 bits per heavy atom. The predicted octanol–water partition coefficient (Wildman–Crippen LogP) is 2.49. The fourth-order valence-corrected chi connectivity index (χ4v) is 1.52. The lowest BCUT2D eigenvalue weighted by molar-refractivity contribution is 0.441. The number of benzene rings is 1. The SMILES string of the molecule is NCc1cnc(Oc2cccc(Br)c2)nc1. The number of nitrogens with two attached hydrogens (primary N) is 1. The Bertz CT molecular complexity index is 473. The third-order valence-corrected chi connectivity index (χ3v) is 2.42. The van der Waals surface area contributed by atoms with E-state index in [9.17, 15) is 0 Å². The minimum absolute atomic E-state index is 0.315. The number of hydrogen-bond donors (Lipinski definition) is 1. The van der Waals surface area contributed by atoms with Gasteiger partial charge in [0.05, 0.1) is 0 Å². The van der Waals surface area contributed by atoms with Gasteiger partial charge >= 0.3 is 6.01 Å². The number of rotatable bonds is 3. The molecule has 0 fully saturated rings. The van der Waals surface area contributed by atoms with Crippen LogP contribution >= 0.6 is 15.9 Å². The molecule has 1 heterocycles. The van der Waals surface area contributed by atoms with E-state index in [-0.39, 0.29) is 0 Å². The third kappa shape index (κ3) is 2.77. The zero-order valence-corrected chi connectivity index (χ0v) is 10.0. The average Bonchev–Trinajstić information content (AvgIpc) is 2.30. The van der Waals surface area contributed by atoms with Gasteiger partial charge in [-0.25, -0.2) is 9.97 Å². The molecule has 2 rings (SSSR count). The first-order valence-corrected chi connectivity index (χ1v) is 5.51. The van der Waals surface area contributed by atoms with Crippen molar-refractivity contribution in [3.8, 4) is 11.8 Å². The van der Waals surface area contributed by atoms with Gasteiger partial charge in [-0.15, -0.1) is 0 Å². The first-order chi connectivity index (χ1) is 7.78. The minimum atomic E-state index is 0.315. The maximum absolute atomic E-state index is 5.47. The van der Waals surface area contributed by atoms with E-state index in [0.29, 0.717) is 18.3 Å². The van der Waals surface area contributed by atoms with E-state index in [2.05, 4.69) is 25.9 Å². The molecule has 16 heavy (non-hydrogen) atoms. The van der Waals surface area contributed by atoms with Crippen molar-refractivity contribution in [1.29, 1.82) is 0 Å². The first-order valence-electron chi connectivity index (χ1n) is 4.72. The van der Waals surface area contributed by atoms with Gasteiger partial charge in [0, 0.05) is 29.0 Å². The van der Waals surface area contributed by atoms with E-state index in [0.717, 1.165) is 10.0 Å². The van der Waals surface area contributed by atoms with Crippen molar-refractivity contribution < 1.29 is 4.74 Å². The summed E-state index contributed by atoms with van der Waals surface area (Å²) in [6.45, 7) is 0.428. The summed E-state index contributed by atoms with van der Waals surface area (Å²) in [6, 6.07) is 7.81. The Kier molecular flexibility index (Phi) is 3.48. The van der Waals surface area contributed by atoms with Crippen LogP contribution in [0.2, 0.25) is 0 Å². The molecule has 1 aromatic carbocycles. The molecule has 1 aromatic heterocycles. The summed E-state index contributed by atoms with van der Waals surface area (Å²) in [5.41, 5.74) is 6.32. The van der Waals surface area contributed by atoms with E-state index in [4.69, 9.17) is 10.5 Å². The van der Waals surface area contributed by atoms with Gasteiger partial charge < -0.3 is 10.5 Å². The second-order valence-corrected chi connectivity index (χ2v) is 4.05. The first kappa shape index (κ1) is 11.0. The summed E-state index contributed by atoms with van der Waals surface area (Å²) in [7, 11) is 0. The highest BCUT2D eigenvalue weighted by molar-refractivity contribution is 9.10. The summed E-state index contributed by atoms with van der Waals surface area (Å²) >= 11 is 3.36. The topological polar surface area (TPSA) is 61.0 Å². The molecule has 0 radical (unpaired) electrons. The van der Waals surface area contributed by atoms with Crippen LogP contribution in [-0.4, -0.2) is 9.97 Å². The van der Waals surface area contributed by atoms with Gasteiger partial charge in [0.2, 0.25) is 0 Å². The molecule has 5 heteroatoms. The molecule has 4 nitrogen and oxygen atoms in total. The Labute approximate surface area is 102 Å². The maximum atomic E-state index is 5.47. The van der Waals surface area contributed by atoms with Crippen molar-refractivity contribution in [2.75, 3.05) is 0 Å². The molecule has 0 bridgehead atoms. The van der Waals surface area contributed by atoms with Crippen molar-refractivity contribution in [2.24, 2.45) is 5.73 Å². The summed E-state index contributed by atoms with van der Waals surface area (Å²) < 4.78 is 6.41. The van der Waals surface area contributed by atoms with Crippen LogP contribution in [0.4, 0.5) is 0 Å². The molecular weight excluding hydrogens is 270 g/mol. The highest BCUT2D eigenvalue weighted by Crippen LogP contribution is 2.21. The van der Waals surface area contributed by atoms with E-state index in [1.165, 1.54) is 0 Å². The van der Waals surface area contributed by atoms with Crippen molar-refractivity contribution in [1.82, 2.24) is 9.97 Å². The Hall–Kier alpha value is -1.46. The van der Waals surface area contributed by atoms with Crippen LogP contribution in [0.1, 0.15) is 5.56 Å². The van der Waals surface area contributed by atoms with Crippen LogP contribution in [0.3, 0.4) is 0 Å². The normalized spacial score (nSPS) is 10.1. The third-order valence-electron chi connectivity index (χ3n) is 1.92. The quantitative estimate of drug-likeness (QED) is 0.938. The van der Waals surface area contributed by atoms with Gasteiger partial charge in [0.25, 0.3) is 0 Å². The molecule has 0 atom stereocenters. The monoisotopic (exact) mass is 279 g/mol. The van der Waals surface area contributed by atoms with Crippen LogP contribution in [-0.2, 0) is 6.54 Å². The highest BCUT2D eigenvalue weighted by Gasteiger charge is 2.00. The fraction of sp³-hybridized carbons (Fsp3) is 0.0909. The van der Waals surface area contributed by atoms with E-state index >= 15 is 0 Å². The van der Waals surface area contributed by atoms with Crippen LogP contribution < -0.4 is 10.5 Å². The van der Waals surface area contributed by atoms with Gasteiger partial charge in [-0.3, -0.25) is 0 Å². The second-order valence-electron chi connectivity index (χ2n) is 3.14. The molecule has 2 aromatic rings. The molecule has 0 aliphatic carbocycles. The zero-order valence-electron chi connectivity index (χ0n) is 8.43. The van der Waals surface area contributed by atoms with Crippen LogP contribution in [0.15, 0.2) is 41.1 Å². The smallest absolute Gasteiger partial charge is 0.321 e. The van der Waals surface area contributed by atoms with Gasteiger partial charge in [-0.05, 0) is 18.2 Å². The van der Waals surface area contributed by atoms with Gasteiger partial charge in [0.15, 0.2) is 0 Å². The molecular formula is C11H10BrN3O. The zero-order chi connectivity index (χ0) is 11.4. The Balaban J connectivity index is 2.14. The summed E-state index contributed by atoms with van der Waals surface area (Å²) in [5, 5.41) is 0. The second kappa shape index (κ2) is 5.05. The van der Waals surface area contributed by atoms with E-state index < -0.39 is 0 Å². The van der Waals surface area contributed by atoms with Crippen LogP contribution in [0, 0.1) is 0 Å². The molecule has 0 amide bonds. The predicted molar refractivity (Wildman–Crippen MR) is 64.1 cm³/mol. The summed E-state index contributed by atoms with van der Waals surface area (Å²) in [6.07, 6.45) is 3.31. The largest absolute Gasteiger partial charge is 0.424 e. The molecule has 0 saturated heterocycles. The molecule has 0 unspecified atom stereocenters. The number of aromatic nitrogens is 2. The Morgan fingerprint density at radius 2 is 2.00 bits per heavy atom. The average molecular weight is 280 g/mol. The van der Waals surface area contributed by atoms with Crippen LogP contribution in [0.25, 0.3) is 0 Å². The van der Waals surface area contributed by atoms with Crippen molar-refractivity contribution in [2.45, 2.75) is 6.54 Å². The lowest BCUT2D eigenvalue weighted by Gasteiger charge is -2.03. The standard InChI is InChI=1S/C11H10BrN3O/c12-9-2-1-3-10(4-9)16-11-14-6-8(5-13)7-15-11/h1-4,6-7H,5,13H2. The van der Waals surface area contributed by atoms with Gasteiger partial charge in [-0.1, -0.05) is 22.0 Å². The van der Waals surface area contributed by atoms with E-state index in [1.807, 2.05) is 24.3 Å². The minimum Gasteiger partial charge on any atom is -0.424 e.